The summed E-state index contributed by atoms with van der Waals surface area (Å²) in [7, 11) is -3.59. The predicted octanol–water partition coefficient (Wildman–Crippen LogP) is 4.22. The summed E-state index contributed by atoms with van der Waals surface area (Å²) < 4.78 is 24.7. The quantitative estimate of drug-likeness (QED) is 0.661. The van der Waals surface area contributed by atoms with Gasteiger partial charge in [-0.05, 0) is 48.8 Å². The van der Waals surface area contributed by atoms with Gasteiger partial charge in [0.25, 0.3) is 10.0 Å². The molecule has 1 aromatic carbocycles. The fourth-order valence-electron chi connectivity index (χ4n) is 2.93. The van der Waals surface area contributed by atoms with Gasteiger partial charge in [-0.25, -0.2) is 4.83 Å². The van der Waals surface area contributed by atoms with Crippen molar-refractivity contribution in [2.45, 2.75) is 70.1 Å². The van der Waals surface area contributed by atoms with E-state index in [1.54, 1.807) is 12.1 Å². The number of hydrazone groups is 1. The SMILES string of the molecule is C/C(=N/NS(=O)(=O)c1ccc(C(C)(C)C)cc1)C1CCCCC1. The van der Waals surface area contributed by atoms with Gasteiger partial charge in [0.2, 0.25) is 0 Å². The lowest BCUT2D eigenvalue weighted by molar-refractivity contribution is 0.437. The standard InChI is InChI=1S/C18H28N2O2S/c1-14(15-8-6-5-7-9-15)19-20-23(21,22)17-12-10-16(11-13-17)18(2,3)4/h10-13,15,20H,5-9H2,1-4H3/b19-14-. The van der Waals surface area contributed by atoms with E-state index in [0.717, 1.165) is 24.1 Å². The number of rotatable bonds is 4. The van der Waals surface area contributed by atoms with E-state index in [1.165, 1.54) is 19.3 Å². The Labute approximate surface area is 140 Å². The zero-order valence-electron chi connectivity index (χ0n) is 14.6. The van der Waals surface area contributed by atoms with Crippen LogP contribution in [0.2, 0.25) is 0 Å². The van der Waals surface area contributed by atoms with Crippen LogP contribution in [0.3, 0.4) is 0 Å². The van der Waals surface area contributed by atoms with E-state index >= 15 is 0 Å². The normalized spacial score (nSPS) is 18.0. The molecule has 1 aliphatic carbocycles. The third kappa shape index (κ3) is 4.80. The highest BCUT2D eigenvalue weighted by Gasteiger charge is 2.19. The first-order valence-electron chi connectivity index (χ1n) is 8.37. The summed E-state index contributed by atoms with van der Waals surface area (Å²) in [5.74, 6) is 0.412. The van der Waals surface area contributed by atoms with Crippen molar-refractivity contribution in [3.05, 3.63) is 29.8 Å². The van der Waals surface area contributed by atoms with Gasteiger partial charge in [-0.2, -0.15) is 13.5 Å². The van der Waals surface area contributed by atoms with Gasteiger partial charge >= 0.3 is 0 Å². The fraction of sp³-hybridized carbons (Fsp3) is 0.611. The van der Waals surface area contributed by atoms with Gasteiger partial charge in [0, 0.05) is 5.71 Å². The molecule has 0 spiro atoms. The molecule has 4 nitrogen and oxygen atoms in total. The van der Waals surface area contributed by atoms with Crippen LogP contribution in [0.1, 0.15) is 65.4 Å². The summed E-state index contributed by atoms with van der Waals surface area (Å²) in [4.78, 5) is 2.65. The molecule has 0 amide bonds. The van der Waals surface area contributed by atoms with Gasteiger partial charge in [0.15, 0.2) is 0 Å². The van der Waals surface area contributed by atoms with Crippen molar-refractivity contribution in [1.29, 1.82) is 0 Å². The first kappa shape index (κ1) is 18.0. The monoisotopic (exact) mass is 336 g/mol. The summed E-state index contributed by atoms with van der Waals surface area (Å²) in [6.07, 6.45) is 5.90. The lowest BCUT2D eigenvalue weighted by atomic mass is 9.86. The van der Waals surface area contributed by atoms with Gasteiger partial charge < -0.3 is 0 Å². The van der Waals surface area contributed by atoms with E-state index in [2.05, 4.69) is 30.7 Å². The van der Waals surface area contributed by atoms with Gasteiger partial charge in [-0.1, -0.05) is 52.2 Å². The zero-order chi connectivity index (χ0) is 17.1. The van der Waals surface area contributed by atoms with Crippen molar-refractivity contribution >= 4 is 15.7 Å². The van der Waals surface area contributed by atoms with E-state index in [9.17, 15) is 8.42 Å². The lowest BCUT2D eigenvalue weighted by Crippen LogP contribution is -2.23. The van der Waals surface area contributed by atoms with Gasteiger partial charge in [-0.15, -0.1) is 0 Å². The molecule has 0 atom stereocenters. The summed E-state index contributed by atoms with van der Waals surface area (Å²) in [5.41, 5.74) is 2.00. The lowest BCUT2D eigenvalue weighted by Gasteiger charge is -2.21. The number of benzene rings is 1. The molecular formula is C18H28N2O2S. The molecule has 1 saturated carbocycles. The molecule has 1 aromatic rings. The van der Waals surface area contributed by atoms with Crippen molar-refractivity contribution in [2.75, 3.05) is 0 Å². The Morgan fingerprint density at radius 1 is 1.09 bits per heavy atom. The Kier molecular flexibility index (Phi) is 5.50. The van der Waals surface area contributed by atoms with Crippen LogP contribution in [0.15, 0.2) is 34.3 Å². The van der Waals surface area contributed by atoms with Crippen molar-refractivity contribution in [2.24, 2.45) is 11.0 Å². The highest BCUT2D eigenvalue weighted by molar-refractivity contribution is 7.89. The largest absolute Gasteiger partial charge is 0.276 e. The minimum absolute atomic E-state index is 0.00540. The molecule has 1 fully saturated rings. The Morgan fingerprint density at radius 3 is 2.17 bits per heavy atom. The number of sulfonamides is 1. The molecule has 0 heterocycles. The van der Waals surface area contributed by atoms with E-state index in [4.69, 9.17) is 0 Å². The molecule has 1 N–H and O–H groups in total. The topological polar surface area (TPSA) is 58.5 Å². The Balaban J connectivity index is 2.09. The fourth-order valence-corrected chi connectivity index (χ4v) is 3.79. The van der Waals surface area contributed by atoms with E-state index < -0.39 is 10.0 Å². The molecular weight excluding hydrogens is 308 g/mol. The van der Waals surface area contributed by atoms with Crippen molar-refractivity contribution < 1.29 is 8.42 Å². The number of hydrogen-bond donors (Lipinski definition) is 1. The molecule has 5 heteroatoms. The van der Waals surface area contributed by atoms with Crippen LogP contribution in [0.4, 0.5) is 0 Å². The maximum Gasteiger partial charge on any atom is 0.276 e. The number of hydrogen-bond acceptors (Lipinski definition) is 3. The van der Waals surface area contributed by atoms with Crippen LogP contribution >= 0.6 is 0 Å². The summed E-state index contributed by atoms with van der Waals surface area (Å²) in [6, 6.07) is 7.03. The van der Waals surface area contributed by atoms with Gasteiger partial charge in [-0.3, -0.25) is 0 Å². The van der Waals surface area contributed by atoms with Crippen LogP contribution in [0, 0.1) is 5.92 Å². The molecule has 1 aliphatic rings. The molecule has 0 aliphatic heterocycles. The van der Waals surface area contributed by atoms with Crippen molar-refractivity contribution in [3.63, 3.8) is 0 Å². The van der Waals surface area contributed by atoms with Crippen LogP contribution in [-0.4, -0.2) is 14.1 Å². The molecule has 0 saturated heterocycles. The van der Waals surface area contributed by atoms with Crippen molar-refractivity contribution in [1.82, 2.24) is 4.83 Å². The molecule has 128 valence electrons. The second kappa shape index (κ2) is 7.04. The van der Waals surface area contributed by atoms with Crippen LogP contribution < -0.4 is 4.83 Å². The third-order valence-electron chi connectivity index (χ3n) is 4.57. The molecule has 0 aromatic heterocycles. The molecule has 2 rings (SSSR count). The van der Waals surface area contributed by atoms with Crippen LogP contribution in [-0.2, 0) is 15.4 Å². The average molecular weight is 337 g/mol. The first-order valence-corrected chi connectivity index (χ1v) is 9.85. The summed E-state index contributed by atoms with van der Waals surface area (Å²) >= 11 is 0. The van der Waals surface area contributed by atoms with Gasteiger partial charge in [0.05, 0.1) is 4.90 Å². The predicted molar refractivity (Wildman–Crippen MR) is 95.1 cm³/mol. The number of nitrogens with one attached hydrogen (secondary N) is 1. The zero-order valence-corrected chi connectivity index (χ0v) is 15.4. The van der Waals surface area contributed by atoms with Crippen molar-refractivity contribution in [3.8, 4) is 0 Å². The average Bonchev–Trinajstić information content (AvgIpc) is 2.53. The summed E-state index contributed by atoms with van der Waals surface area (Å²) in [5, 5.41) is 4.15. The van der Waals surface area contributed by atoms with E-state index in [-0.39, 0.29) is 10.3 Å². The smallest absolute Gasteiger partial charge is 0.200 e. The van der Waals surface area contributed by atoms with E-state index in [1.807, 2.05) is 19.1 Å². The Morgan fingerprint density at radius 2 is 1.65 bits per heavy atom. The third-order valence-corrected chi connectivity index (χ3v) is 5.79. The van der Waals surface area contributed by atoms with Crippen LogP contribution in [0.25, 0.3) is 0 Å². The second-order valence-electron chi connectivity index (χ2n) is 7.46. The van der Waals surface area contributed by atoms with Crippen LogP contribution in [0.5, 0.6) is 0 Å². The maximum absolute atomic E-state index is 12.4. The second-order valence-corrected chi connectivity index (χ2v) is 9.12. The highest BCUT2D eigenvalue weighted by Crippen LogP contribution is 2.25. The number of nitrogens with zero attached hydrogens (tertiary/aromatic N) is 1. The van der Waals surface area contributed by atoms with Gasteiger partial charge in [0.1, 0.15) is 0 Å². The van der Waals surface area contributed by atoms with E-state index in [0.29, 0.717) is 5.92 Å². The maximum atomic E-state index is 12.4. The molecule has 0 bridgehead atoms. The minimum atomic E-state index is -3.59. The molecule has 0 unspecified atom stereocenters. The Hall–Kier alpha value is -1.36. The highest BCUT2D eigenvalue weighted by atomic mass is 32.2. The minimum Gasteiger partial charge on any atom is -0.200 e. The molecule has 23 heavy (non-hydrogen) atoms. The molecule has 0 radical (unpaired) electrons. The first-order chi connectivity index (χ1) is 10.7. The Bertz CT molecular complexity index is 649. The summed E-state index contributed by atoms with van der Waals surface area (Å²) in [6.45, 7) is 8.23.